The Bertz CT molecular complexity index is 1020. The van der Waals surface area contributed by atoms with Gasteiger partial charge in [0.15, 0.2) is 0 Å². The first-order chi connectivity index (χ1) is 12.1. The number of halogens is 1. The smallest absolute Gasteiger partial charge is 0.142 e. The molecule has 0 aliphatic rings. The maximum atomic E-state index is 13.1. The SMILES string of the molecule is Cn1c(Cn2ccnc2[C@H](O)c2ccc(F)cc2)nc2ccccc21. The second kappa shape index (κ2) is 6.14. The molecule has 0 saturated heterocycles. The highest BCUT2D eigenvalue weighted by Gasteiger charge is 2.18. The Morgan fingerprint density at radius 2 is 1.88 bits per heavy atom. The fourth-order valence-corrected chi connectivity index (χ4v) is 2.99. The molecule has 0 spiro atoms. The Morgan fingerprint density at radius 1 is 1.12 bits per heavy atom. The van der Waals surface area contributed by atoms with E-state index in [0.717, 1.165) is 16.9 Å². The Morgan fingerprint density at radius 3 is 2.64 bits per heavy atom. The third-order valence-electron chi connectivity index (χ3n) is 4.37. The van der Waals surface area contributed by atoms with E-state index in [0.29, 0.717) is 17.9 Å². The van der Waals surface area contributed by atoms with Crippen molar-refractivity contribution in [3.63, 3.8) is 0 Å². The molecule has 2 heterocycles. The summed E-state index contributed by atoms with van der Waals surface area (Å²) >= 11 is 0. The van der Waals surface area contributed by atoms with Gasteiger partial charge in [-0.2, -0.15) is 0 Å². The number of imidazole rings is 2. The highest BCUT2D eigenvalue weighted by atomic mass is 19.1. The third-order valence-corrected chi connectivity index (χ3v) is 4.37. The van der Waals surface area contributed by atoms with Crippen molar-refractivity contribution >= 4 is 11.0 Å². The first-order valence-corrected chi connectivity index (χ1v) is 7.98. The minimum Gasteiger partial charge on any atom is -0.380 e. The van der Waals surface area contributed by atoms with Gasteiger partial charge in [-0.3, -0.25) is 0 Å². The standard InChI is InChI=1S/C19H17FN4O/c1-23-16-5-3-2-4-15(16)22-17(23)12-24-11-10-21-19(24)18(25)13-6-8-14(20)9-7-13/h2-11,18,25H,12H2,1H3/t18-/m1/s1. The van der Waals surface area contributed by atoms with E-state index >= 15 is 0 Å². The van der Waals surface area contributed by atoms with Crippen molar-refractivity contribution in [1.82, 2.24) is 19.1 Å². The van der Waals surface area contributed by atoms with Crippen LogP contribution in [0.5, 0.6) is 0 Å². The Hall–Kier alpha value is -2.99. The van der Waals surface area contributed by atoms with E-state index < -0.39 is 6.10 Å². The summed E-state index contributed by atoms with van der Waals surface area (Å²) in [4.78, 5) is 8.93. The molecular weight excluding hydrogens is 319 g/mol. The number of rotatable bonds is 4. The van der Waals surface area contributed by atoms with Crippen LogP contribution in [0.25, 0.3) is 11.0 Å². The average Bonchev–Trinajstić information content (AvgIpc) is 3.21. The predicted octanol–water partition coefficient (Wildman–Crippen LogP) is 3.04. The van der Waals surface area contributed by atoms with Gasteiger partial charge in [0.1, 0.15) is 23.6 Å². The summed E-state index contributed by atoms with van der Waals surface area (Å²) in [5, 5.41) is 10.6. The lowest BCUT2D eigenvalue weighted by Gasteiger charge is -2.13. The average molecular weight is 336 g/mol. The lowest BCUT2D eigenvalue weighted by molar-refractivity contribution is 0.205. The van der Waals surface area contributed by atoms with Crippen molar-refractivity contribution < 1.29 is 9.50 Å². The maximum absolute atomic E-state index is 13.1. The van der Waals surface area contributed by atoms with Gasteiger partial charge in [-0.25, -0.2) is 14.4 Å². The Kier molecular flexibility index (Phi) is 3.82. The number of hydrogen-bond donors (Lipinski definition) is 1. The molecule has 0 unspecified atom stereocenters. The monoisotopic (exact) mass is 336 g/mol. The van der Waals surface area contributed by atoms with Crippen LogP contribution in [-0.2, 0) is 13.6 Å². The number of aryl methyl sites for hydroxylation is 1. The minimum absolute atomic E-state index is 0.334. The van der Waals surface area contributed by atoms with E-state index in [2.05, 4.69) is 9.97 Å². The summed E-state index contributed by atoms with van der Waals surface area (Å²) in [7, 11) is 1.97. The van der Waals surface area contributed by atoms with Gasteiger partial charge in [0.05, 0.1) is 17.6 Å². The highest BCUT2D eigenvalue weighted by Crippen LogP contribution is 2.22. The van der Waals surface area contributed by atoms with E-state index in [-0.39, 0.29) is 5.82 Å². The molecule has 4 rings (SSSR count). The number of nitrogens with zero attached hydrogens (tertiary/aromatic N) is 4. The molecule has 25 heavy (non-hydrogen) atoms. The normalized spacial score (nSPS) is 12.6. The van der Waals surface area contributed by atoms with Crippen LogP contribution in [0.3, 0.4) is 0 Å². The van der Waals surface area contributed by atoms with E-state index in [9.17, 15) is 9.50 Å². The van der Waals surface area contributed by atoms with Gasteiger partial charge in [0.2, 0.25) is 0 Å². The van der Waals surface area contributed by atoms with Crippen LogP contribution in [0.2, 0.25) is 0 Å². The van der Waals surface area contributed by atoms with Crippen LogP contribution in [-0.4, -0.2) is 24.2 Å². The van der Waals surface area contributed by atoms with Gasteiger partial charge in [-0.15, -0.1) is 0 Å². The van der Waals surface area contributed by atoms with Crippen molar-refractivity contribution in [2.45, 2.75) is 12.6 Å². The van der Waals surface area contributed by atoms with Crippen LogP contribution in [0.1, 0.15) is 23.3 Å². The van der Waals surface area contributed by atoms with Gasteiger partial charge in [-0.05, 0) is 29.8 Å². The molecule has 0 saturated carbocycles. The van der Waals surface area contributed by atoms with Crippen molar-refractivity contribution in [1.29, 1.82) is 0 Å². The number of aliphatic hydroxyl groups excluding tert-OH is 1. The molecule has 0 fully saturated rings. The van der Waals surface area contributed by atoms with Crippen LogP contribution >= 0.6 is 0 Å². The molecule has 5 nitrogen and oxygen atoms in total. The maximum Gasteiger partial charge on any atom is 0.142 e. The van der Waals surface area contributed by atoms with Gasteiger partial charge < -0.3 is 14.2 Å². The first-order valence-electron chi connectivity index (χ1n) is 7.98. The zero-order chi connectivity index (χ0) is 17.4. The molecule has 0 amide bonds. The van der Waals surface area contributed by atoms with Crippen LogP contribution < -0.4 is 0 Å². The molecule has 4 aromatic rings. The second-order valence-corrected chi connectivity index (χ2v) is 5.94. The summed E-state index contributed by atoms with van der Waals surface area (Å²) in [6.07, 6.45) is 2.52. The van der Waals surface area contributed by atoms with Crippen molar-refractivity contribution in [3.05, 3.63) is 84.0 Å². The molecular formula is C19H17FN4O. The highest BCUT2D eigenvalue weighted by molar-refractivity contribution is 5.75. The van der Waals surface area contributed by atoms with Crippen LogP contribution in [0.4, 0.5) is 4.39 Å². The number of para-hydroxylation sites is 2. The van der Waals surface area contributed by atoms with Crippen molar-refractivity contribution in [3.8, 4) is 0 Å². The topological polar surface area (TPSA) is 55.9 Å². The molecule has 0 aliphatic heterocycles. The summed E-state index contributed by atoms with van der Waals surface area (Å²) in [6.45, 7) is 0.485. The van der Waals surface area contributed by atoms with E-state index in [1.807, 2.05) is 40.4 Å². The minimum atomic E-state index is -0.926. The van der Waals surface area contributed by atoms with Crippen LogP contribution in [0.15, 0.2) is 60.9 Å². The van der Waals surface area contributed by atoms with Gasteiger partial charge >= 0.3 is 0 Å². The lowest BCUT2D eigenvalue weighted by atomic mass is 10.1. The Balaban J connectivity index is 1.67. The predicted molar refractivity (Wildman–Crippen MR) is 92.5 cm³/mol. The number of fused-ring (bicyclic) bond motifs is 1. The van der Waals surface area contributed by atoms with Crippen molar-refractivity contribution in [2.75, 3.05) is 0 Å². The van der Waals surface area contributed by atoms with E-state index in [1.54, 1.807) is 24.5 Å². The lowest BCUT2D eigenvalue weighted by Crippen LogP contribution is -2.13. The fraction of sp³-hybridized carbons (Fsp3) is 0.158. The number of aromatic nitrogens is 4. The quantitative estimate of drug-likeness (QED) is 0.623. The summed E-state index contributed by atoms with van der Waals surface area (Å²) in [6, 6.07) is 13.7. The summed E-state index contributed by atoms with van der Waals surface area (Å²) in [5.41, 5.74) is 2.58. The fourth-order valence-electron chi connectivity index (χ4n) is 2.99. The van der Waals surface area contributed by atoms with Gasteiger partial charge in [-0.1, -0.05) is 24.3 Å². The molecule has 0 radical (unpaired) electrons. The largest absolute Gasteiger partial charge is 0.380 e. The molecule has 2 aromatic heterocycles. The second-order valence-electron chi connectivity index (χ2n) is 5.94. The summed E-state index contributed by atoms with van der Waals surface area (Å²) in [5.74, 6) is 1.03. The zero-order valence-electron chi connectivity index (χ0n) is 13.7. The summed E-state index contributed by atoms with van der Waals surface area (Å²) < 4.78 is 17.0. The Labute approximate surface area is 144 Å². The molecule has 1 atom stereocenters. The molecule has 0 bridgehead atoms. The van der Waals surface area contributed by atoms with Crippen molar-refractivity contribution in [2.24, 2.45) is 7.05 Å². The van der Waals surface area contributed by atoms with Gasteiger partial charge in [0, 0.05) is 19.4 Å². The molecule has 0 aliphatic carbocycles. The van der Waals surface area contributed by atoms with Crippen LogP contribution in [0, 0.1) is 5.82 Å². The molecule has 1 N–H and O–H groups in total. The molecule has 2 aromatic carbocycles. The molecule has 126 valence electrons. The number of aliphatic hydroxyl groups is 1. The first kappa shape index (κ1) is 15.5. The number of benzene rings is 2. The zero-order valence-corrected chi connectivity index (χ0v) is 13.7. The third kappa shape index (κ3) is 2.81. The van der Waals surface area contributed by atoms with E-state index in [4.69, 9.17) is 0 Å². The number of hydrogen-bond acceptors (Lipinski definition) is 3. The van der Waals surface area contributed by atoms with Gasteiger partial charge in [0.25, 0.3) is 0 Å². The molecule has 6 heteroatoms. The van der Waals surface area contributed by atoms with E-state index in [1.165, 1.54) is 12.1 Å².